The third-order valence-electron chi connectivity index (χ3n) is 5.06. The number of methoxy groups -OCH3 is 1. The predicted molar refractivity (Wildman–Crippen MR) is 125 cm³/mol. The van der Waals surface area contributed by atoms with Gasteiger partial charge in [-0.2, -0.15) is 4.98 Å². The van der Waals surface area contributed by atoms with Gasteiger partial charge in [0.2, 0.25) is 11.1 Å². The highest BCUT2D eigenvalue weighted by Crippen LogP contribution is 2.39. The van der Waals surface area contributed by atoms with E-state index in [1.54, 1.807) is 30.5 Å². The van der Waals surface area contributed by atoms with Crippen molar-refractivity contribution in [1.82, 2.24) is 14.8 Å². The first kappa shape index (κ1) is 24.0. The summed E-state index contributed by atoms with van der Waals surface area (Å²) < 4.78 is 18.7. The number of thioether (sulfide) groups is 1. The number of benzene rings is 1. The van der Waals surface area contributed by atoms with Gasteiger partial charge in [0.25, 0.3) is 0 Å². The minimum atomic E-state index is -0.498. The Labute approximate surface area is 193 Å². The minimum Gasteiger partial charge on any atom is -0.493 e. The lowest BCUT2D eigenvalue weighted by Crippen LogP contribution is -2.29. The van der Waals surface area contributed by atoms with Crippen molar-refractivity contribution >= 4 is 23.7 Å². The second-order valence-corrected chi connectivity index (χ2v) is 9.05. The van der Waals surface area contributed by atoms with Crippen LogP contribution in [0.25, 0.3) is 0 Å². The van der Waals surface area contributed by atoms with Crippen LogP contribution in [0, 0.1) is 5.92 Å². The fourth-order valence-electron chi connectivity index (χ4n) is 3.48. The molecule has 1 aromatic carbocycles. The van der Waals surface area contributed by atoms with E-state index in [1.165, 1.54) is 0 Å². The molecule has 1 unspecified atom stereocenters. The van der Waals surface area contributed by atoms with E-state index in [4.69, 9.17) is 14.2 Å². The Kier molecular flexibility index (Phi) is 8.06. The lowest BCUT2D eigenvalue weighted by Gasteiger charge is -2.28. The standard InChI is InChI=1S/C23H32N4O4S/c1-7-30-21(28)19-15(5)24-22-25-23(32-8-2)26-27(22)20(19)16-9-10-17(18(13-16)29-6)31-12-11-14(3)4/h9-10,13-14,20H,7-8,11-12H2,1-6H3,(H,24,25,26). The molecule has 1 aromatic heterocycles. The van der Waals surface area contributed by atoms with Crippen LogP contribution in [0.1, 0.15) is 52.6 Å². The average molecular weight is 461 g/mol. The first-order valence-corrected chi connectivity index (χ1v) is 11.9. The molecule has 1 aliphatic rings. The monoisotopic (exact) mass is 460 g/mol. The zero-order valence-corrected chi connectivity index (χ0v) is 20.4. The maximum atomic E-state index is 12.9. The summed E-state index contributed by atoms with van der Waals surface area (Å²) in [6.45, 7) is 10.9. The highest BCUT2D eigenvalue weighted by Gasteiger charge is 2.35. The Morgan fingerprint density at radius 1 is 1.28 bits per heavy atom. The number of hydrogen-bond acceptors (Lipinski definition) is 8. The van der Waals surface area contributed by atoms with Crippen molar-refractivity contribution in [2.75, 3.05) is 31.4 Å². The zero-order chi connectivity index (χ0) is 23.3. The van der Waals surface area contributed by atoms with Gasteiger partial charge in [-0.05, 0) is 49.6 Å². The zero-order valence-electron chi connectivity index (χ0n) is 19.6. The molecule has 1 N–H and O–H groups in total. The third-order valence-corrected chi connectivity index (χ3v) is 5.78. The number of rotatable bonds is 10. The lowest BCUT2D eigenvalue weighted by atomic mass is 9.95. The highest BCUT2D eigenvalue weighted by molar-refractivity contribution is 7.99. The number of nitrogens with zero attached hydrogens (tertiary/aromatic N) is 3. The van der Waals surface area contributed by atoms with Gasteiger partial charge in [-0.15, -0.1) is 5.10 Å². The molecule has 0 radical (unpaired) electrons. The van der Waals surface area contributed by atoms with Gasteiger partial charge in [-0.25, -0.2) is 9.48 Å². The summed E-state index contributed by atoms with van der Waals surface area (Å²) in [5.41, 5.74) is 2.02. The Morgan fingerprint density at radius 2 is 2.06 bits per heavy atom. The van der Waals surface area contributed by atoms with Crippen molar-refractivity contribution in [2.24, 2.45) is 5.92 Å². The molecule has 8 nitrogen and oxygen atoms in total. The van der Waals surface area contributed by atoms with Gasteiger partial charge in [0.15, 0.2) is 11.5 Å². The van der Waals surface area contributed by atoms with Gasteiger partial charge in [-0.3, -0.25) is 0 Å². The van der Waals surface area contributed by atoms with Crippen molar-refractivity contribution in [3.05, 3.63) is 35.0 Å². The Hall–Kier alpha value is -2.68. The number of ether oxygens (including phenoxy) is 3. The molecule has 1 aliphatic heterocycles. The number of esters is 1. The van der Waals surface area contributed by atoms with Crippen molar-refractivity contribution < 1.29 is 19.0 Å². The van der Waals surface area contributed by atoms with Crippen LogP contribution in [0.4, 0.5) is 5.95 Å². The van der Waals surface area contributed by atoms with Gasteiger partial charge in [0.05, 0.1) is 25.9 Å². The average Bonchev–Trinajstić information content (AvgIpc) is 3.15. The van der Waals surface area contributed by atoms with Crippen molar-refractivity contribution in [1.29, 1.82) is 0 Å². The number of carbonyl (C=O) groups excluding carboxylic acids is 1. The normalized spacial score (nSPS) is 15.4. The molecule has 32 heavy (non-hydrogen) atoms. The van der Waals surface area contributed by atoms with Crippen LogP contribution in [-0.4, -0.2) is 46.8 Å². The van der Waals surface area contributed by atoms with E-state index in [0.29, 0.717) is 46.4 Å². The van der Waals surface area contributed by atoms with Gasteiger partial charge < -0.3 is 19.5 Å². The second kappa shape index (κ2) is 10.8. The molecular weight excluding hydrogens is 428 g/mol. The molecule has 0 spiro atoms. The van der Waals surface area contributed by atoms with Crippen LogP contribution in [0.2, 0.25) is 0 Å². The van der Waals surface area contributed by atoms with E-state index < -0.39 is 6.04 Å². The number of carbonyl (C=O) groups is 1. The molecule has 2 aromatic rings. The first-order chi connectivity index (χ1) is 15.4. The summed E-state index contributed by atoms with van der Waals surface area (Å²) >= 11 is 1.55. The van der Waals surface area contributed by atoms with Crippen molar-refractivity contribution in [2.45, 2.75) is 52.2 Å². The number of hydrogen-bond donors (Lipinski definition) is 1. The van der Waals surface area contributed by atoms with E-state index in [1.807, 2.05) is 32.0 Å². The van der Waals surface area contributed by atoms with Gasteiger partial charge in [-0.1, -0.05) is 38.6 Å². The van der Waals surface area contributed by atoms with E-state index >= 15 is 0 Å². The quantitative estimate of drug-likeness (QED) is 0.404. The number of fused-ring (bicyclic) bond motifs is 1. The number of nitrogens with one attached hydrogen (secondary N) is 1. The van der Waals surface area contributed by atoms with Crippen LogP contribution < -0.4 is 14.8 Å². The Balaban J connectivity index is 2.04. The molecule has 0 saturated carbocycles. The minimum absolute atomic E-state index is 0.287. The third kappa shape index (κ3) is 5.20. The summed E-state index contributed by atoms with van der Waals surface area (Å²) in [5.74, 6) is 2.89. The van der Waals surface area contributed by atoms with Crippen molar-refractivity contribution in [3.63, 3.8) is 0 Å². The molecule has 0 saturated heterocycles. The van der Waals surface area contributed by atoms with Crippen molar-refractivity contribution in [3.8, 4) is 11.5 Å². The SMILES string of the molecule is CCOC(=O)C1=C(C)Nc2nc(SCC)nn2C1c1ccc(OCCC(C)C)c(OC)c1. The topological polar surface area (TPSA) is 87.5 Å². The fraction of sp³-hybridized carbons (Fsp3) is 0.522. The van der Waals surface area contributed by atoms with Gasteiger partial charge in [0.1, 0.15) is 6.04 Å². The highest BCUT2D eigenvalue weighted by atomic mass is 32.2. The van der Waals surface area contributed by atoms with Crippen LogP contribution in [0.15, 0.2) is 34.6 Å². The van der Waals surface area contributed by atoms with E-state index in [9.17, 15) is 4.79 Å². The smallest absolute Gasteiger partial charge is 0.338 e. The maximum absolute atomic E-state index is 12.9. The molecule has 1 atom stereocenters. The lowest BCUT2D eigenvalue weighted by molar-refractivity contribution is -0.139. The summed E-state index contributed by atoms with van der Waals surface area (Å²) in [7, 11) is 1.61. The molecular formula is C23H32N4O4S. The van der Waals surface area contributed by atoms with Crippen LogP contribution in [0.3, 0.4) is 0 Å². The molecule has 0 fully saturated rings. The van der Waals surface area contributed by atoms with E-state index in [-0.39, 0.29) is 12.6 Å². The van der Waals surface area contributed by atoms with Crippen LogP contribution in [0.5, 0.6) is 11.5 Å². The second-order valence-electron chi connectivity index (χ2n) is 7.82. The summed E-state index contributed by atoms with van der Waals surface area (Å²) in [5, 5.41) is 8.52. The summed E-state index contributed by atoms with van der Waals surface area (Å²) in [6.07, 6.45) is 0.953. The molecule has 3 rings (SSSR count). The molecule has 0 aliphatic carbocycles. The number of allylic oxidation sites excluding steroid dienone is 1. The fourth-order valence-corrected chi connectivity index (χ4v) is 4.04. The Morgan fingerprint density at radius 3 is 2.72 bits per heavy atom. The largest absolute Gasteiger partial charge is 0.493 e. The van der Waals surface area contributed by atoms with Gasteiger partial charge in [0, 0.05) is 5.70 Å². The van der Waals surface area contributed by atoms with Crippen LogP contribution in [-0.2, 0) is 9.53 Å². The Bertz CT molecular complexity index is 986. The summed E-state index contributed by atoms with van der Waals surface area (Å²) in [4.78, 5) is 17.5. The molecule has 174 valence electrons. The molecule has 2 heterocycles. The van der Waals surface area contributed by atoms with Crippen LogP contribution >= 0.6 is 11.8 Å². The molecule has 0 amide bonds. The van der Waals surface area contributed by atoms with Gasteiger partial charge >= 0.3 is 5.97 Å². The molecule has 0 bridgehead atoms. The van der Waals surface area contributed by atoms with E-state index in [0.717, 1.165) is 17.7 Å². The number of aromatic nitrogens is 3. The number of anilines is 1. The maximum Gasteiger partial charge on any atom is 0.338 e. The predicted octanol–water partition coefficient (Wildman–Crippen LogP) is 4.68. The summed E-state index contributed by atoms with van der Waals surface area (Å²) in [6, 6.07) is 5.22. The molecule has 9 heteroatoms. The van der Waals surface area contributed by atoms with E-state index in [2.05, 4.69) is 29.2 Å². The first-order valence-electron chi connectivity index (χ1n) is 10.9.